The summed E-state index contributed by atoms with van der Waals surface area (Å²) in [5, 5.41) is 26.2. The molecule has 0 fully saturated rings. The minimum absolute atomic E-state index is 0.102. The van der Waals surface area contributed by atoms with Crippen molar-refractivity contribution >= 4 is 40.0 Å². The first kappa shape index (κ1) is 15.2. The van der Waals surface area contributed by atoms with Gasteiger partial charge < -0.3 is 5.11 Å². The highest BCUT2D eigenvalue weighted by atomic mass is 16.3. The molecule has 1 aliphatic carbocycles. The molecule has 0 amide bonds. The van der Waals surface area contributed by atoms with Gasteiger partial charge in [0.05, 0.1) is 11.4 Å². The Morgan fingerprint density at radius 2 is 1.52 bits per heavy atom. The van der Waals surface area contributed by atoms with E-state index in [1.54, 1.807) is 12.1 Å². The minimum atomic E-state index is 0.102. The fourth-order valence-electron chi connectivity index (χ4n) is 3.14. The zero-order valence-corrected chi connectivity index (χ0v) is 13.5. The van der Waals surface area contributed by atoms with Gasteiger partial charge in [-0.15, -0.1) is 10.2 Å². The van der Waals surface area contributed by atoms with Gasteiger partial charge in [-0.25, -0.2) is 5.53 Å². The van der Waals surface area contributed by atoms with E-state index in [2.05, 4.69) is 27.5 Å². The van der Waals surface area contributed by atoms with Gasteiger partial charge in [-0.3, -0.25) is 0 Å². The van der Waals surface area contributed by atoms with Gasteiger partial charge in [-0.2, -0.15) is 5.11 Å². The number of phenolic OH excluding ortho intramolecular Hbond substituents is 1. The molecule has 25 heavy (non-hydrogen) atoms. The SMILES string of the molecule is N=Nc1ccc(N=Nc2c(O)ccc3ccccc23)c2c1=CCCC=2. The third kappa shape index (κ3) is 2.70. The van der Waals surface area contributed by atoms with Crippen molar-refractivity contribution in [2.75, 3.05) is 0 Å². The highest BCUT2D eigenvalue weighted by Crippen LogP contribution is 2.35. The second-order valence-electron chi connectivity index (χ2n) is 5.88. The van der Waals surface area contributed by atoms with Crippen LogP contribution in [0.3, 0.4) is 0 Å². The lowest BCUT2D eigenvalue weighted by Gasteiger charge is -2.06. The first-order chi connectivity index (χ1) is 12.3. The van der Waals surface area contributed by atoms with Crippen LogP contribution in [0.4, 0.5) is 17.1 Å². The van der Waals surface area contributed by atoms with Gasteiger partial charge in [-0.1, -0.05) is 42.5 Å². The van der Waals surface area contributed by atoms with Crippen molar-refractivity contribution in [2.24, 2.45) is 15.3 Å². The normalized spacial score (nSPS) is 13.3. The van der Waals surface area contributed by atoms with Crippen LogP contribution in [-0.4, -0.2) is 5.11 Å². The van der Waals surface area contributed by atoms with E-state index in [1.807, 2.05) is 36.4 Å². The van der Waals surface area contributed by atoms with Crippen molar-refractivity contribution in [3.8, 4) is 5.75 Å². The van der Waals surface area contributed by atoms with Gasteiger partial charge >= 0.3 is 0 Å². The fraction of sp³-hybridized carbons (Fsp3) is 0.100. The molecule has 0 saturated heterocycles. The lowest BCUT2D eigenvalue weighted by molar-refractivity contribution is 0.477. The summed E-state index contributed by atoms with van der Waals surface area (Å²) in [5.41, 5.74) is 9.12. The Hall–Kier alpha value is -3.34. The van der Waals surface area contributed by atoms with Crippen molar-refractivity contribution in [2.45, 2.75) is 12.8 Å². The summed E-state index contributed by atoms with van der Waals surface area (Å²) in [5.74, 6) is 0.102. The molecule has 0 aliphatic heterocycles. The molecule has 0 bridgehead atoms. The van der Waals surface area contributed by atoms with Crippen LogP contribution in [0.1, 0.15) is 12.8 Å². The maximum absolute atomic E-state index is 10.2. The Kier molecular flexibility index (Phi) is 3.82. The van der Waals surface area contributed by atoms with Crippen molar-refractivity contribution in [1.29, 1.82) is 5.53 Å². The third-order valence-electron chi connectivity index (χ3n) is 4.36. The van der Waals surface area contributed by atoms with Crippen molar-refractivity contribution in [3.63, 3.8) is 0 Å². The molecule has 1 aliphatic rings. The Bertz CT molecular complexity index is 1130. The molecule has 0 unspecified atom stereocenters. The number of fused-ring (bicyclic) bond motifs is 2. The average Bonchev–Trinajstić information content (AvgIpc) is 2.67. The summed E-state index contributed by atoms with van der Waals surface area (Å²) in [6, 6.07) is 14.8. The van der Waals surface area contributed by atoms with E-state index in [0.717, 1.165) is 34.1 Å². The topological polar surface area (TPSA) is 81.2 Å². The van der Waals surface area contributed by atoms with E-state index in [0.29, 0.717) is 17.1 Å². The van der Waals surface area contributed by atoms with E-state index in [4.69, 9.17) is 5.53 Å². The summed E-state index contributed by atoms with van der Waals surface area (Å²) in [7, 11) is 0. The first-order valence-electron chi connectivity index (χ1n) is 8.11. The van der Waals surface area contributed by atoms with Gasteiger partial charge in [0.2, 0.25) is 0 Å². The molecule has 0 radical (unpaired) electrons. The number of aromatic hydroxyl groups is 1. The maximum atomic E-state index is 10.2. The van der Waals surface area contributed by atoms with E-state index in [9.17, 15) is 5.11 Å². The zero-order valence-electron chi connectivity index (χ0n) is 13.5. The van der Waals surface area contributed by atoms with Gasteiger partial charge in [-0.05, 0) is 36.4 Å². The predicted octanol–water partition coefficient (Wildman–Crippen LogP) is 4.98. The third-order valence-corrected chi connectivity index (χ3v) is 4.36. The van der Waals surface area contributed by atoms with E-state index in [-0.39, 0.29) is 5.75 Å². The molecule has 3 aromatic rings. The van der Waals surface area contributed by atoms with Crippen LogP contribution < -0.4 is 10.4 Å². The molecule has 3 aromatic carbocycles. The maximum Gasteiger partial charge on any atom is 0.143 e. The van der Waals surface area contributed by atoms with Gasteiger partial charge in [0.1, 0.15) is 11.4 Å². The molecule has 0 heterocycles. The molecule has 0 aromatic heterocycles. The lowest BCUT2D eigenvalue weighted by Crippen LogP contribution is -2.27. The Morgan fingerprint density at radius 3 is 2.32 bits per heavy atom. The summed E-state index contributed by atoms with van der Waals surface area (Å²) in [6.45, 7) is 0. The minimum Gasteiger partial charge on any atom is -0.506 e. The number of nitrogens with zero attached hydrogens (tertiary/aromatic N) is 3. The van der Waals surface area contributed by atoms with Crippen LogP contribution in [0.5, 0.6) is 5.75 Å². The fourth-order valence-corrected chi connectivity index (χ4v) is 3.14. The Balaban J connectivity index is 1.88. The van der Waals surface area contributed by atoms with Crippen LogP contribution in [0, 0.1) is 5.53 Å². The molecule has 0 saturated carbocycles. The Morgan fingerprint density at radius 1 is 0.800 bits per heavy atom. The number of benzene rings is 3. The standard InChI is InChI=1S/C20H16N4O/c21-22-17-10-11-18(16-8-4-3-7-15(16)17)23-24-20-14-6-2-1-5-13(14)9-12-19(20)25/h1-2,5-12,21,25H,3-4H2. The van der Waals surface area contributed by atoms with Gasteiger partial charge in [0.15, 0.2) is 0 Å². The largest absolute Gasteiger partial charge is 0.506 e. The van der Waals surface area contributed by atoms with Gasteiger partial charge in [0, 0.05) is 15.8 Å². The zero-order chi connectivity index (χ0) is 17.2. The first-order valence-corrected chi connectivity index (χ1v) is 8.11. The number of nitrogens with one attached hydrogen (secondary N) is 1. The quantitative estimate of drug-likeness (QED) is 0.653. The van der Waals surface area contributed by atoms with Crippen molar-refractivity contribution in [1.82, 2.24) is 0 Å². The number of hydrogen-bond acceptors (Lipinski definition) is 5. The molecule has 0 atom stereocenters. The molecular weight excluding hydrogens is 312 g/mol. The van der Waals surface area contributed by atoms with Crippen LogP contribution in [-0.2, 0) is 0 Å². The predicted molar refractivity (Wildman–Crippen MR) is 98.5 cm³/mol. The smallest absolute Gasteiger partial charge is 0.143 e. The number of phenols is 1. The molecule has 5 heteroatoms. The molecule has 122 valence electrons. The molecular formula is C20H16N4O. The monoisotopic (exact) mass is 328 g/mol. The van der Waals surface area contributed by atoms with E-state index < -0.39 is 0 Å². The van der Waals surface area contributed by atoms with Crippen molar-refractivity contribution < 1.29 is 5.11 Å². The molecule has 4 rings (SSSR count). The second-order valence-corrected chi connectivity index (χ2v) is 5.88. The van der Waals surface area contributed by atoms with E-state index in [1.165, 1.54) is 0 Å². The number of rotatable bonds is 3. The van der Waals surface area contributed by atoms with Gasteiger partial charge in [0.25, 0.3) is 0 Å². The summed E-state index contributed by atoms with van der Waals surface area (Å²) in [4.78, 5) is 0. The van der Waals surface area contributed by atoms with Crippen molar-refractivity contribution in [3.05, 3.63) is 59.0 Å². The van der Waals surface area contributed by atoms with Crippen LogP contribution >= 0.6 is 0 Å². The van der Waals surface area contributed by atoms with E-state index >= 15 is 0 Å². The highest BCUT2D eigenvalue weighted by Gasteiger charge is 2.08. The summed E-state index contributed by atoms with van der Waals surface area (Å²) < 4.78 is 0. The summed E-state index contributed by atoms with van der Waals surface area (Å²) >= 11 is 0. The van der Waals surface area contributed by atoms with Crippen LogP contribution in [0.15, 0.2) is 63.9 Å². The second kappa shape index (κ2) is 6.28. The number of hydrogen-bond donors (Lipinski definition) is 2. The highest BCUT2D eigenvalue weighted by molar-refractivity contribution is 5.95. The van der Waals surface area contributed by atoms with Crippen LogP contribution in [0.25, 0.3) is 22.9 Å². The lowest BCUT2D eigenvalue weighted by atomic mass is 10.1. The summed E-state index contributed by atoms with van der Waals surface area (Å²) in [6.07, 6.45) is 6.04. The molecule has 2 N–H and O–H groups in total. The molecule has 5 nitrogen and oxygen atoms in total. The average molecular weight is 328 g/mol. The Labute approximate surface area is 144 Å². The molecule has 0 spiro atoms. The van der Waals surface area contributed by atoms with Crippen LogP contribution in [0.2, 0.25) is 0 Å². The number of azo groups is 1.